The molecule has 1 aromatic heterocycles. The number of benzene rings is 1. The van der Waals surface area contributed by atoms with Gasteiger partial charge in [0.15, 0.2) is 5.96 Å². The van der Waals surface area contributed by atoms with Crippen molar-refractivity contribution in [2.75, 3.05) is 27.2 Å². The first-order valence-corrected chi connectivity index (χ1v) is 10.5. The van der Waals surface area contributed by atoms with Crippen LogP contribution >= 0.6 is 11.3 Å². The van der Waals surface area contributed by atoms with Gasteiger partial charge in [-0.2, -0.15) is 0 Å². The lowest BCUT2D eigenvalue weighted by Crippen LogP contribution is -2.38. The first kappa shape index (κ1) is 21.2. The molecule has 148 valence electrons. The number of ether oxygens (including phenoxy) is 1. The van der Waals surface area contributed by atoms with E-state index in [1.165, 1.54) is 10.6 Å². The van der Waals surface area contributed by atoms with Gasteiger partial charge in [0.05, 0.1) is 12.1 Å². The van der Waals surface area contributed by atoms with Crippen molar-refractivity contribution in [3.05, 3.63) is 45.9 Å². The second kappa shape index (κ2) is 11.6. The molecule has 0 aliphatic rings. The fourth-order valence-electron chi connectivity index (χ4n) is 2.85. The summed E-state index contributed by atoms with van der Waals surface area (Å²) < 4.78 is 5.22. The van der Waals surface area contributed by atoms with Crippen LogP contribution < -0.4 is 15.4 Å². The molecule has 0 aliphatic heterocycles. The summed E-state index contributed by atoms with van der Waals surface area (Å²) in [4.78, 5) is 8.81. The summed E-state index contributed by atoms with van der Waals surface area (Å²) in [5.41, 5.74) is 2.46. The number of nitrogens with zero attached hydrogens (tertiary/aromatic N) is 2. The maximum absolute atomic E-state index is 5.22. The topological polar surface area (TPSA) is 58.5 Å². The first-order chi connectivity index (χ1) is 13.1. The zero-order valence-electron chi connectivity index (χ0n) is 16.9. The average Bonchev–Trinajstić information content (AvgIpc) is 3.11. The summed E-state index contributed by atoms with van der Waals surface area (Å²) in [6, 6.07) is 8.32. The molecule has 0 fully saturated rings. The fourth-order valence-corrected chi connectivity index (χ4v) is 3.67. The Labute approximate surface area is 167 Å². The van der Waals surface area contributed by atoms with Gasteiger partial charge in [0.25, 0.3) is 0 Å². The van der Waals surface area contributed by atoms with Gasteiger partial charge in [0.1, 0.15) is 5.75 Å². The third-order valence-corrected chi connectivity index (χ3v) is 5.58. The molecule has 0 spiro atoms. The number of aliphatic imine (C=N–C) groups is 1. The minimum Gasteiger partial charge on any atom is -0.497 e. The van der Waals surface area contributed by atoms with Gasteiger partial charge in [-0.15, -0.1) is 11.3 Å². The predicted octanol–water partition coefficient (Wildman–Crippen LogP) is 4.14. The fraction of sp³-hybridized carbons (Fsp3) is 0.524. The Hall–Kier alpha value is -2.08. The second-order valence-electron chi connectivity index (χ2n) is 6.73. The Balaban J connectivity index is 1.60. The molecule has 0 saturated carbocycles. The number of hydrogen-bond donors (Lipinski definition) is 2. The smallest absolute Gasteiger partial charge is 0.190 e. The molecule has 2 N–H and O–H groups in total. The highest BCUT2D eigenvalue weighted by molar-refractivity contribution is 7.09. The lowest BCUT2D eigenvalue weighted by atomic mass is 9.98. The van der Waals surface area contributed by atoms with Gasteiger partial charge in [-0.05, 0) is 56.2 Å². The second-order valence-corrected chi connectivity index (χ2v) is 7.67. The minimum absolute atomic E-state index is 0.489. The molecule has 0 amide bonds. The largest absolute Gasteiger partial charge is 0.497 e. The molecule has 6 heteroatoms. The van der Waals surface area contributed by atoms with Crippen LogP contribution in [0, 0.1) is 6.92 Å². The van der Waals surface area contributed by atoms with Crippen LogP contribution in [0.1, 0.15) is 48.4 Å². The van der Waals surface area contributed by atoms with E-state index in [2.05, 4.69) is 45.0 Å². The number of aromatic nitrogens is 1. The van der Waals surface area contributed by atoms with E-state index >= 15 is 0 Å². The highest BCUT2D eigenvalue weighted by atomic mass is 32.1. The molecule has 0 radical (unpaired) electrons. The quantitative estimate of drug-likeness (QED) is 0.365. The number of hydrogen-bond acceptors (Lipinski definition) is 4. The highest BCUT2D eigenvalue weighted by Crippen LogP contribution is 2.21. The number of rotatable bonds is 10. The van der Waals surface area contributed by atoms with E-state index in [1.807, 2.05) is 26.1 Å². The summed E-state index contributed by atoms with van der Waals surface area (Å²) in [5.74, 6) is 2.27. The van der Waals surface area contributed by atoms with Gasteiger partial charge in [-0.25, -0.2) is 4.98 Å². The number of nitrogens with one attached hydrogen (secondary N) is 2. The van der Waals surface area contributed by atoms with Crippen molar-refractivity contribution in [2.24, 2.45) is 4.99 Å². The highest BCUT2D eigenvalue weighted by Gasteiger charge is 2.06. The molecule has 1 unspecified atom stereocenters. The van der Waals surface area contributed by atoms with Crippen molar-refractivity contribution < 1.29 is 4.74 Å². The van der Waals surface area contributed by atoms with Crippen molar-refractivity contribution in [3.8, 4) is 5.75 Å². The number of unbranched alkanes of at least 4 members (excludes halogenated alkanes) is 1. The van der Waals surface area contributed by atoms with Gasteiger partial charge in [-0.3, -0.25) is 4.99 Å². The van der Waals surface area contributed by atoms with Crippen molar-refractivity contribution in [3.63, 3.8) is 0 Å². The van der Waals surface area contributed by atoms with Crippen LogP contribution in [-0.2, 0) is 6.42 Å². The maximum atomic E-state index is 5.22. The molecule has 1 heterocycles. The van der Waals surface area contributed by atoms with E-state index in [4.69, 9.17) is 4.74 Å². The monoisotopic (exact) mass is 388 g/mol. The van der Waals surface area contributed by atoms with Crippen molar-refractivity contribution in [2.45, 2.75) is 45.4 Å². The Morgan fingerprint density at radius 3 is 2.56 bits per heavy atom. The molecule has 2 aromatic rings. The summed E-state index contributed by atoms with van der Waals surface area (Å²) in [6.07, 6.45) is 4.37. The molecular weight excluding hydrogens is 356 g/mol. The number of thiazole rings is 1. The number of aryl methyl sites for hydroxylation is 2. The Kier molecular flexibility index (Phi) is 9.11. The van der Waals surface area contributed by atoms with Crippen LogP contribution in [0.4, 0.5) is 0 Å². The van der Waals surface area contributed by atoms with Crippen molar-refractivity contribution in [1.29, 1.82) is 0 Å². The Bertz CT molecular complexity index is 696. The molecule has 27 heavy (non-hydrogen) atoms. The van der Waals surface area contributed by atoms with Crippen molar-refractivity contribution >= 4 is 17.3 Å². The minimum atomic E-state index is 0.489. The van der Waals surface area contributed by atoms with E-state index in [9.17, 15) is 0 Å². The van der Waals surface area contributed by atoms with Crippen LogP contribution in [0.3, 0.4) is 0 Å². The summed E-state index contributed by atoms with van der Waals surface area (Å²) in [7, 11) is 3.52. The SMILES string of the molecule is CN=C(NCCCCc1nc(C)cs1)NCCC(C)c1ccc(OC)cc1. The van der Waals surface area contributed by atoms with Gasteiger partial charge in [-0.1, -0.05) is 19.1 Å². The predicted molar refractivity (Wildman–Crippen MR) is 115 cm³/mol. The third kappa shape index (κ3) is 7.59. The van der Waals surface area contributed by atoms with E-state index < -0.39 is 0 Å². The summed E-state index contributed by atoms with van der Waals surface area (Å²) in [6.45, 7) is 6.12. The molecular formula is C21H32N4OS. The van der Waals surface area contributed by atoms with Crippen LogP contribution in [-0.4, -0.2) is 38.2 Å². The van der Waals surface area contributed by atoms with E-state index in [0.717, 1.165) is 56.2 Å². The number of guanidine groups is 1. The average molecular weight is 389 g/mol. The molecule has 5 nitrogen and oxygen atoms in total. The maximum Gasteiger partial charge on any atom is 0.190 e. The van der Waals surface area contributed by atoms with Gasteiger partial charge in [0.2, 0.25) is 0 Å². The van der Waals surface area contributed by atoms with E-state index in [-0.39, 0.29) is 0 Å². The van der Waals surface area contributed by atoms with Gasteiger partial charge in [0, 0.05) is 31.2 Å². The Morgan fingerprint density at radius 1 is 1.19 bits per heavy atom. The van der Waals surface area contributed by atoms with E-state index in [1.54, 1.807) is 18.4 Å². The Morgan fingerprint density at radius 2 is 1.93 bits per heavy atom. The van der Waals surface area contributed by atoms with Crippen LogP contribution in [0.25, 0.3) is 0 Å². The third-order valence-electron chi connectivity index (χ3n) is 4.55. The van der Waals surface area contributed by atoms with Crippen LogP contribution in [0.2, 0.25) is 0 Å². The molecule has 0 bridgehead atoms. The van der Waals surface area contributed by atoms with Crippen LogP contribution in [0.5, 0.6) is 5.75 Å². The normalized spacial score (nSPS) is 12.7. The lowest BCUT2D eigenvalue weighted by molar-refractivity contribution is 0.414. The van der Waals surface area contributed by atoms with E-state index in [0.29, 0.717) is 5.92 Å². The first-order valence-electron chi connectivity index (χ1n) is 9.62. The molecule has 0 saturated heterocycles. The number of methoxy groups -OCH3 is 1. The van der Waals surface area contributed by atoms with Crippen molar-refractivity contribution in [1.82, 2.24) is 15.6 Å². The summed E-state index contributed by atoms with van der Waals surface area (Å²) in [5, 5.41) is 10.2. The van der Waals surface area contributed by atoms with Gasteiger partial charge < -0.3 is 15.4 Å². The van der Waals surface area contributed by atoms with Crippen LogP contribution in [0.15, 0.2) is 34.6 Å². The molecule has 0 aliphatic carbocycles. The molecule has 1 aromatic carbocycles. The zero-order valence-corrected chi connectivity index (χ0v) is 17.7. The standard InChI is InChI=1S/C21H32N4OS/c1-16(18-8-10-19(26-4)11-9-18)12-14-24-21(22-3)23-13-6-5-7-20-25-17(2)15-27-20/h8-11,15-16H,5-7,12-14H2,1-4H3,(H2,22,23,24). The zero-order chi connectivity index (χ0) is 19.5. The lowest BCUT2D eigenvalue weighted by Gasteiger charge is -2.15. The molecule has 1 atom stereocenters. The summed E-state index contributed by atoms with van der Waals surface area (Å²) >= 11 is 1.76. The molecule has 2 rings (SSSR count). The van der Waals surface area contributed by atoms with Gasteiger partial charge >= 0.3 is 0 Å².